The molecule has 0 radical (unpaired) electrons. The van der Waals surface area contributed by atoms with E-state index in [1.54, 1.807) is 0 Å². The van der Waals surface area contributed by atoms with E-state index >= 15 is 0 Å². The first-order valence-electron chi connectivity index (χ1n) is 6.13. The Morgan fingerprint density at radius 2 is 1.75 bits per heavy atom. The highest BCUT2D eigenvalue weighted by Crippen LogP contribution is 2.22. The lowest BCUT2D eigenvalue weighted by Crippen LogP contribution is -2.23. The summed E-state index contributed by atoms with van der Waals surface area (Å²) in [6.45, 7) is 4.40. The molecule has 0 bridgehead atoms. The molecule has 3 nitrogen and oxygen atoms in total. The molecule has 16 heavy (non-hydrogen) atoms. The smallest absolute Gasteiger partial charge is 0.0240 e. The van der Waals surface area contributed by atoms with Gasteiger partial charge in [-0.1, -0.05) is 30.7 Å². The molecular weight excluding hydrogens is 198 g/mol. The summed E-state index contributed by atoms with van der Waals surface area (Å²) in [6, 6.07) is 8.76. The monoisotopic (exact) mass is 219 g/mol. The Balaban J connectivity index is 1.67. The first-order valence-corrected chi connectivity index (χ1v) is 6.13. The molecule has 3 heteroatoms. The third-order valence-electron chi connectivity index (χ3n) is 3.20. The van der Waals surface area contributed by atoms with E-state index in [0.29, 0.717) is 0 Å². The highest BCUT2D eigenvalue weighted by atomic mass is 15.2. The van der Waals surface area contributed by atoms with Crippen molar-refractivity contribution in [2.45, 2.75) is 32.4 Å². The van der Waals surface area contributed by atoms with E-state index in [4.69, 9.17) is 5.84 Å². The molecule has 0 aromatic heterocycles. The molecule has 0 amide bonds. The second-order valence-corrected chi connectivity index (χ2v) is 4.49. The van der Waals surface area contributed by atoms with Crippen LogP contribution < -0.4 is 11.3 Å². The van der Waals surface area contributed by atoms with E-state index in [1.165, 1.54) is 36.9 Å². The van der Waals surface area contributed by atoms with E-state index < -0.39 is 0 Å². The van der Waals surface area contributed by atoms with Crippen LogP contribution in [0.5, 0.6) is 0 Å². The Morgan fingerprint density at radius 1 is 1.06 bits per heavy atom. The summed E-state index contributed by atoms with van der Waals surface area (Å²) in [5, 5.41) is 0. The summed E-state index contributed by atoms with van der Waals surface area (Å²) < 4.78 is 0. The van der Waals surface area contributed by atoms with Gasteiger partial charge in [-0.3, -0.25) is 16.2 Å². The third kappa shape index (κ3) is 3.04. The van der Waals surface area contributed by atoms with Crippen molar-refractivity contribution in [1.82, 2.24) is 10.3 Å². The number of hydrazine groups is 1. The minimum atomic E-state index is 0.931. The highest BCUT2D eigenvalue weighted by molar-refractivity contribution is 5.30. The van der Waals surface area contributed by atoms with Crippen LogP contribution >= 0.6 is 0 Å². The maximum Gasteiger partial charge on any atom is 0.0240 e. The maximum atomic E-state index is 5.23. The van der Waals surface area contributed by atoms with Crippen molar-refractivity contribution in [1.29, 1.82) is 0 Å². The normalized spacial score (nSPS) is 15.3. The van der Waals surface area contributed by atoms with Gasteiger partial charge in [0.15, 0.2) is 0 Å². The molecule has 0 atom stereocenters. The lowest BCUT2D eigenvalue weighted by molar-refractivity contribution is 0.276. The van der Waals surface area contributed by atoms with Crippen LogP contribution in [0.15, 0.2) is 24.3 Å². The quantitative estimate of drug-likeness (QED) is 0.434. The number of rotatable bonds is 6. The average molecular weight is 219 g/mol. The lowest BCUT2D eigenvalue weighted by Gasteiger charge is -2.14. The van der Waals surface area contributed by atoms with E-state index in [1.807, 2.05) is 0 Å². The van der Waals surface area contributed by atoms with Gasteiger partial charge in [-0.2, -0.15) is 0 Å². The Kier molecular flexibility index (Phi) is 4.34. The zero-order chi connectivity index (χ0) is 11.2. The van der Waals surface area contributed by atoms with Crippen molar-refractivity contribution in [3.05, 3.63) is 35.4 Å². The summed E-state index contributed by atoms with van der Waals surface area (Å²) in [5.74, 6) is 5.23. The van der Waals surface area contributed by atoms with Crippen LogP contribution in [0.25, 0.3) is 0 Å². The Bertz CT molecular complexity index is 300. The summed E-state index contributed by atoms with van der Waals surface area (Å²) >= 11 is 0. The zero-order valence-electron chi connectivity index (χ0n) is 9.78. The molecule has 0 fully saturated rings. The molecule has 0 aliphatic carbocycles. The standard InChI is InChI=1S/C13H21N3/c14-15-8-4-1-5-9-16-10-12-6-2-3-7-13(12)11-16/h2-3,6-7,15H,1,4-5,8-11,14H2. The number of hydrogen-bond acceptors (Lipinski definition) is 3. The van der Waals surface area contributed by atoms with Crippen LogP contribution in [-0.4, -0.2) is 18.0 Å². The summed E-state index contributed by atoms with van der Waals surface area (Å²) in [6.07, 6.45) is 3.71. The van der Waals surface area contributed by atoms with Gasteiger partial charge < -0.3 is 0 Å². The fraction of sp³-hybridized carbons (Fsp3) is 0.538. The minimum Gasteiger partial charge on any atom is -0.295 e. The molecule has 0 saturated carbocycles. The molecule has 1 aliphatic heterocycles. The molecule has 88 valence electrons. The first kappa shape index (κ1) is 11.6. The molecule has 0 saturated heterocycles. The molecule has 0 unspecified atom stereocenters. The number of benzene rings is 1. The van der Waals surface area contributed by atoms with E-state index in [-0.39, 0.29) is 0 Å². The molecule has 1 heterocycles. The van der Waals surface area contributed by atoms with Gasteiger partial charge in [0.25, 0.3) is 0 Å². The van der Waals surface area contributed by atoms with Crippen molar-refractivity contribution in [3.8, 4) is 0 Å². The highest BCUT2D eigenvalue weighted by Gasteiger charge is 2.16. The first-order chi connectivity index (χ1) is 7.90. The minimum absolute atomic E-state index is 0.931. The predicted molar refractivity (Wildman–Crippen MR) is 66.6 cm³/mol. The van der Waals surface area contributed by atoms with E-state index in [2.05, 4.69) is 34.6 Å². The van der Waals surface area contributed by atoms with Gasteiger partial charge in [-0.05, 0) is 30.5 Å². The van der Waals surface area contributed by atoms with Crippen molar-refractivity contribution in [3.63, 3.8) is 0 Å². The number of hydrogen-bond donors (Lipinski definition) is 2. The van der Waals surface area contributed by atoms with Crippen molar-refractivity contribution < 1.29 is 0 Å². The molecule has 2 rings (SSSR count). The number of unbranched alkanes of at least 4 members (excludes halogenated alkanes) is 2. The fourth-order valence-corrected chi connectivity index (χ4v) is 2.30. The molecule has 1 aromatic rings. The van der Waals surface area contributed by atoms with E-state index in [9.17, 15) is 0 Å². The van der Waals surface area contributed by atoms with Gasteiger partial charge in [0.2, 0.25) is 0 Å². The molecule has 0 spiro atoms. The van der Waals surface area contributed by atoms with Gasteiger partial charge in [-0.15, -0.1) is 0 Å². The second kappa shape index (κ2) is 5.99. The van der Waals surface area contributed by atoms with Crippen LogP contribution in [0.4, 0.5) is 0 Å². The van der Waals surface area contributed by atoms with Crippen LogP contribution in [0, 0.1) is 0 Å². The van der Waals surface area contributed by atoms with Crippen molar-refractivity contribution in [2.24, 2.45) is 5.84 Å². The molecular formula is C13H21N3. The average Bonchev–Trinajstić information content (AvgIpc) is 2.71. The number of nitrogens with zero attached hydrogens (tertiary/aromatic N) is 1. The Labute approximate surface area is 97.6 Å². The summed E-state index contributed by atoms with van der Waals surface area (Å²) in [5.41, 5.74) is 5.71. The van der Waals surface area contributed by atoms with Gasteiger partial charge in [0.05, 0.1) is 0 Å². The van der Waals surface area contributed by atoms with Gasteiger partial charge >= 0.3 is 0 Å². The fourth-order valence-electron chi connectivity index (χ4n) is 2.30. The Morgan fingerprint density at radius 3 is 2.38 bits per heavy atom. The predicted octanol–water partition coefficient (Wildman–Crippen LogP) is 1.64. The van der Waals surface area contributed by atoms with E-state index in [0.717, 1.165) is 19.6 Å². The van der Waals surface area contributed by atoms with Gasteiger partial charge in [0.1, 0.15) is 0 Å². The SMILES string of the molecule is NNCCCCCN1Cc2ccccc2C1. The number of fused-ring (bicyclic) bond motifs is 1. The van der Waals surface area contributed by atoms with Crippen LogP contribution in [0.1, 0.15) is 30.4 Å². The molecule has 1 aromatic carbocycles. The number of nitrogens with one attached hydrogen (secondary N) is 1. The molecule has 3 N–H and O–H groups in total. The van der Waals surface area contributed by atoms with Crippen LogP contribution in [0.3, 0.4) is 0 Å². The third-order valence-corrected chi connectivity index (χ3v) is 3.20. The second-order valence-electron chi connectivity index (χ2n) is 4.49. The lowest BCUT2D eigenvalue weighted by atomic mass is 10.1. The van der Waals surface area contributed by atoms with Crippen molar-refractivity contribution >= 4 is 0 Å². The van der Waals surface area contributed by atoms with Crippen LogP contribution in [0.2, 0.25) is 0 Å². The van der Waals surface area contributed by atoms with Crippen molar-refractivity contribution in [2.75, 3.05) is 13.1 Å². The van der Waals surface area contributed by atoms with Gasteiger partial charge in [0, 0.05) is 19.6 Å². The molecule has 1 aliphatic rings. The maximum absolute atomic E-state index is 5.23. The summed E-state index contributed by atoms with van der Waals surface area (Å²) in [4.78, 5) is 2.53. The largest absolute Gasteiger partial charge is 0.295 e. The van der Waals surface area contributed by atoms with Gasteiger partial charge in [-0.25, -0.2) is 0 Å². The zero-order valence-corrected chi connectivity index (χ0v) is 9.78. The summed E-state index contributed by atoms with van der Waals surface area (Å²) in [7, 11) is 0. The Hall–Kier alpha value is -0.900. The van der Waals surface area contributed by atoms with Crippen LogP contribution in [-0.2, 0) is 13.1 Å². The number of nitrogens with two attached hydrogens (primary N) is 1. The topological polar surface area (TPSA) is 41.3 Å².